The lowest BCUT2D eigenvalue weighted by atomic mass is 9.75. The summed E-state index contributed by atoms with van der Waals surface area (Å²) < 4.78 is 1.10. The molecule has 0 aliphatic heterocycles. The third-order valence-corrected chi connectivity index (χ3v) is 21.0. The Morgan fingerprint density at radius 1 is 0.217 bits per heavy atom. The van der Waals surface area contributed by atoms with Gasteiger partial charge in [0.25, 0.3) is 0 Å². The highest BCUT2D eigenvalue weighted by molar-refractivity contribution is 9.10. The van der Waals surface area contributed by atoms with Gasteiger partial charge in [0, 0.05) is 86.3 Å². The molecule has 106 heavy (non-hydrogen) atoms. The molecule has 0 atom stereocenters. The topological polar surface area (TPSA) is 118 Å². The molecule has 0 radical (unpaired) electrons. The van der Waals surface area contributed by atoms with E-state index in [2.05, 4.69) is 246 Å². The van der Waals surface area contributed by atoms with Gasteiger partial charge in [-0.2, -0.15) is 0 Å². The van der Waals surface area contributed by atoms with Crippen molar-refractivity contribution in [2.24, 2.45) is 0 Å². The first-order valence-corrected chi connectivity index (χ1v) is 36.2. The molecule has 2 N–H and O–H groups in total. The second-order valence-electron chi connectivity index (χ2n) is 26.7. The molecule has 10 heteroatoms. The van der Waals surface area contributed by atoms with Crippen molar-refractivity contribution in [2.45, 2.75) is 0 Å². The van der Waals surface area contributed by atoms with E-state index in [1.54, 1.807) is 0 Å². The summed E-state index contributed by atoms with van der Waals surface area (Å²) in [5, 5.41) is 44.0. The van der Waals surface area contributed by atoms with Gasteiger partial charge in [0.15, 0.2) is 17.5 Å². The van der Waals surface area contributed by atoms with E-state index in [1.165, 1.54) is 59.2 Å². The highest BCUT2D eigenvalue weighted by Crippen LogP contribution is 2.45. The summed E-state index contributed by atoms with van der Waals surface area (Å²) in [6.45, 7) is 0. The van der Waals surface area contributed by atoms with Gasteiger partial charge in [0.1, 0.15) is 0 Å². The first-order valence-electron chi connectivity index (χ1n) is 35.4. The Labute approximate surface area is 618 Å². The molecule has 0 bridgehead atoms. The van der Waals surface area contributed by atoms with Gasteiger partial charge in [-0.15, -0.1) is 0 Å². The molecule has 21 rings (SSSR count). The van der Waals surface area contributed by atoms with E-state index in [9.17, 15) is 10.0 Å². The zero-order valence-electron chi connectivity index (χ0n) is 57.0. The summed E-state index contributed by atoms with van der Waals surface area (Å²) in [7, 11) is -1.56. The lowest BCUT2D eigenvalue weighted by Crippen LogP contribution is -2.30. The molecule has 0 unspecified atom stereocenters. The maximum Gasteiger partial charge on any atom is 0.489 e. The molecule has 0 aliphatic rings. The molecule has 4 aromatic heterocycles. The lowest BCUT2D eigenvalue weighted by Gasteiger charge is -2.16. The molecule has 496 valence electrons. The summed E-state index contributed by atoms with van der Waals surface area (Å²) in [5.41, 5.74) is 12.2. The summed E-state index contributed by atoms with van der Waals surface area (Å²) in [6, 6.07) is 121. The molecule has 0 amide bonds. The molecule has 0 saturated carbocycles. The fourth-order valence-corrected chi connectivity index (χ4v) is 16.0. The zero-order valence-corrected chi connectivity index (χ0v) is 58.6. The normalized spacial score (nSPS) is 11.5. The molecular weight excluding hydrogens is 1360 g/mol. The number of benzene rings is 17. The van der Waals surface area contributed by atoms with Crippen LogP contribution in [0.2, 0.25) is 0 Å². The van der Waals surface area contributed by atoms with Crippen LogP contribution in [-0.2, 0) is 0 Å². The summed E-state index contributed by atoms with van der Waals surface area (Å²) in [4.78, 5) is 30.6. The number of hydrogen-bond donors (Lipinski definition) is 2. The largest absolute Gasteiger partial charge is 0.489 e. The SMILES string of the molecule is Brc1cc2c(-c3ccc4ccccc4c3)nc3ccccc3c2c2ccccc12.OB(O)c1cc2c(-c3ccc4ccccc4c3)nc3ccccc3c2c2ccccc12.c1ccc(-c2nc(-c3ccccc3)nc(-c3cc4c(-c5ccc6ccccc6c5)nc5ccccc5c4c4ccccc34)n2)cc1. The molecule has 0 fully saturated rings. The van der Waals surface area contributed by atoms with Gasteiger partial charge in [-0.25, -0.2) is 29.9 Å². The van der Waals surface area contributed by atoms with Crippen LogP contribution >= 0.6 is 15.9 Å². The van der Waals surface area contributed by atoms with Crippen LogP contribution in [0.3, 0.4) is 0 Å². The van der Waals surface area contributed by atoms with Crippen LogP contribution in [0, 0.1) is 0 Å². The first-order chi connectivity index (χ1) is 52.3. The van der Waals surface area contributed by atoms with Crippen LogP contribution in [0.5, 0.6) is 0 Å². The Balaban J connectivity index is 0.000000113. The number of rotatable bonds is 7. The van der Waals surface area contributed by atoms with Crippen LogP contribution in [-0.4, -0.2) is 47.1 Å². The van der Waals surface area contributed by atoms with Crippen molar-refractivity contribution in [2.75, 3.05) is 0 Å². The monoisotopic (exact) mass is 1420 g/mol. The van der Waals surface area contributed by atoms with E-state index in [0.717, 1.165) is 125 Å². The van der Waals surface area contributed by atoms with Gasteiger partial charge in [-0.05, 0) is 119 Å². The Kier molecular flexibility index (Phi) is 16.1. The predicted molar refractivity (Wildman–Crippen MR) is 446 cm³/mol. The minimum atomic E-state index is -1.56. The van der Waals surface area contributed by atoms with Crippen LogP contribution in [0.15, 0.2) is 356 Å². The van der Waals surface area contributed by atoms with Crippen LogP contribution in [0.4, 0.5) is 0 Å². The molecule has 0 saturated heterocycles. The van der Waals surface area contributed by atoms with E-state index in [4.69, 9.17) is 29.9 Å². The fourth-order valence-electron chi connectivity index (χ4n) is 15.4. The van der Waals surface area contributed by atoms with E-state index in [-0.39, 0.29) is 0 Å². The number of fused-ring (bicyclic) bond motifs is 18. The molecule has 17 aromatic carbocycles. The first kappa shape index (κ1) is 63.7. The summed E-state index contributed by atoms with van der Waals surface area (Å²) in [5.74, 6) is 1.91. The smallest absolute Gasteiger partial charge is 0.423 e. The van der Waals surface area contributed by atoms with Gasteiger partial charge in [-0.1, -0.05) is 319 Å². The second-order valence-corrected chi connectivity index (χ2v) is 27.5. The van der Waals surface area contributed by atoms with Crippen LogP contribution in [0.1, 0.15) is 0 Å². The predicted octanol–water partition coefficient (Wildman–Crippen LogP) is 23.7. The lowest BCUT2D eigenvalue weighted by molar-refractivity contribution is 0.426. The van der Waals surface area contributed by atoms with Crippen molar-refractivity contribution < 1.29 is 10.0 Å². The van der Waals surface area contributed by atoms with Gasteiger partial charge in [0.2, 0.25) is 0 Å². The molecule has 4 heterocycles. The Morgan fingerprint density at radius 3 is 0.953 bits per heavy atom. The maximum atomic E-state index is 10.1. The highest BCUT2D eigenvalue weighted by atomic mass is 79.9. The second kappa shape index (κ2) is 26.9. The summed E-state index contributed by atoms with van der Waals surface area (Å²) >= 11 is 3.80. The van der Waals surface area contributed by atoms with Crippen molar-refractivity contribution in [1.29, 1.82) is 0 Å². The quantitative estimate of drug-likeness (QED) is 0.120. The van der Waals surface area contributed by atoms with Gasteiger partial charge in [0.05, 0.1) is 33.6 Å². The van der Waals surface area contributed by atoms with Crippen molar-refractivity contribution in [1.82, 2.24) is 29.9 Å². The zero-order chi connectivity index (χ0) is 70.8. The minimum absolute atomic E-state index is 0.488. The Bertz CT molecular complexity index is 7040. The van der Waals surface area contributed by atoms with E-state index < -0.39 is 7.12 Å². The van der Waals surface area contributed by atoms with Gasteiger partial charge in [-0.3, -0.25) is 0 Å². The Hall–Kier alpha value is -13.2. The number of para-hydroxylation sites is 3. The van der Waals surface area contributed by atoms with Gasteiger partial charge < -0.3 is 10.0 Å². The maximum absolute atomic E-state index is 10.1. The van der Waals surface area contributed by atoms with Crippen LogP contribution in [0.25, 0.3) is 198 Å². The van der Waals surface area contributed by atoms with Crippen molar-refractivity contribution >= 4 is 158 Å². The van der Waals surface area contributed by atoms with Crippen molar-refractivity contribution in [3.05, 3.63) is 356 Å². The molecule has 0 aliphatic carbocycles. The van der Waals surface area contributed by atoms with Gasteiger partial charge >= 0.3 is 7.12 Å². The molecule has 0 spiro atoms. The molecular formula is C96H60BBrN6O2. The van der Waals surface area contributed by atoms with Crippen LogP contribution < -0.4 is 5.46 Å². The van der Waals surface area contributed by atoms with E-state index in [1.807, 2.05) is 121 Å². The van der Waals surface area contributed by atoms with Crippen molar-refractivity contribution in [3.8, 4) is 67.9 Å². The number of aromatic nitrogens is 6. The van der Waals surface area contributed by atoms with Crippen molar-refractivity contribution in [3.63, 3.8) is 0 Å². The number of pyridine rings is 3. The number of halogens is 1. The average molecular weight is 1420 g/mol. The Morgan fingerprint density at radius 2 is 0.528 bits per heavy atom. The number of nitrogens with zero attached hydrogens (tertiary/aromatic N) is 6. The van der Waals surface area contributed by atoms with E-state index in [0.29, 0.717) is 22.9 Å². The highest BCUT2D eigenvalue weighted by Gasteiger charge is 2.24. The fraction of sp³-hybridized carbons (Fsp3) is 0. The third kappa shape index (κ3) is 11.5. The third-order valence-electron chi connectivity index (χ3n) is 20.4. The minimum Gasteiger partial charge on any atom is -0.423 e. The average Bonchev–Trinajstić information content (AvgIpc) is 0.738. The molecule has 21 aromatic rings. The summed E-state index contributed by atoms with van der Waals surface area (Å²) in [6.07, 6.45) is 0. The molecule has 8 nitrogen and oxygen atoms in total. The standard InChI is InChI=1S/C42H26N4.C27H18BNO2.C27H16BrN/c1-3-14-28(15-4-1)40-44-41(29-16-5-2-6-17-29)46-42(45-40)35-26-36-38(33-20-10-9-19-32(33)35)34-21-11-12-22-37(34)43-39(36)31-24-23-27-13-7-8-18-30(27)25-31;30-28(31)24-16-23-26(21-10-4-3-9-20(21)24)22-11-5-6-12-25(22)29-27(23)19-14-13-17-7-1-2-8-18(17)15-19;28-24-16-23-26(21-10-4-3-9-20(21)24)22-11-5-6-12-25(22)29-27(23)19-14-13-17-7-1-2-8-18(17)15-19/h1-26H;1-16,30-31H;1-16H. The number of hydrogen-bond acceptors (Lipinski definition) is 8. The van der Waals surface area contributed by atoms with E-state index >= 15 is 0 Å².